The molecule has 0 radical (unpaired) electrons. The third kappa shape index (κ3) is 2.45. The van der Waals surface area contributed by atoms with Gasteiger partial charge in [-0.25, -0.2) is 0 Å². The number of para-hydroxylation sites is 1. The average Bonchev–Trinajstić information content (AvgIpc) is 2.87. The summed E-state index contributed by atoms with van der Waals surface area (Å²) in [5, 5.41) is 6.39. The summed E-state index contributed by atoms with van der Waals surface area (Å²) >= 11 is 0. The lowest BCUT2D eigenvalue weighted by atomic mass is 9.88. The Morgan fingerprint density at radius 1 is 1.47 bits per heavy atom. The Balaban J connectivity index is 1.64. The Kier molecular flexibility index (Phi) is 3.19. The van der Waals surface area contributed by atoms with E-state index in [4.69, 9.17) is 4.74 Å². The van der Waals surface area contributed by atoms with Crippen molar-refractivity contribution < 1.29 is 9.53 Å². The number of amides is 1. The van der Waals surface area contributed by atoms with Crippen molar-refractivity contribution in [2.24, 2.45) is 5.41 Å². The van der Waals surface area contributed by atoms with E-state index < -0.39 is 0 Å². The first kappa shape index (κ1) is 12.5. The molecule has 2 aliphatic rings. The highest BCUT2D eigenvalue weighted by molar-refractivity contribution is 5.83. The molecule has 0 spiro atoms. The highest BCUT2D eigenvalue weighted by atomic mass is 16.5. The Labute approximate surface area is 113 Å². The van der Waals surface area contributed by atoms with E-state index in [1.807, 2.05) is 25.1 Å². The van der Waals surface area contributed by atoms with Crippen LogP contribution in [0, 0.1) is 5.41 Å². The third-order valence-electron chi connectivity index (χ3n) is 4.13. The van der Waals surface area contributed by atoms with E-state index in [1.54, 1.807) is 0 Å². The van der Waals surface area contributed by atoms with Crippen LogP contribution in [0.1, 0.15) is 18.9 Å². The lowest BCUT2D eigenvalue weighted by Crippen LogP contribution is -2.49. The lowest BCUT2D eigenvalue weighted by molar-refractivity contribution is -0.130. The smallest absolute Gasteiger partial charge is 0.227 e. The molecule has 0 aromatic heterocycles. The first-order chi connectivity index (χ1) is 9.17. The summed E-state index contributed by atoms with van der Waals surface area (Å²) in [6.45, 7) is 4.28. The predicted octanol–water partition coefficient (Wildman–Crippen LogP) is 1.11. The number of nitrogens with one attached hydrogen (secondary N) is 2. The highest BCUT2D eigenvalue weighted by Gasteiger charge is 2.37. The van der Waals surface area contributed by atoms with E-state index >= 15 is 0 Å². The Bertz CT molecular complexity index is 481. The molecule has 1 saturated heterocycles. The molecular formula is C15H20N2O2. The van der Waals surface area contributed by atoms with Gasteiger partial charge in [-0.05, 0) is 37.9 Å². The van der Waals surface area contributed by atoms with Crippen molar-refractivity contribution in [2.75, 3.05) is 19.7 Å². The highest BCUT2D eigenvalue weighted by Crippen LogP contribution is 2.27. The number of carbonyl (C=O) groups is 1. The van der Waals surface area contributed by atoms with Crippen molar-refractivity contribution >= 4 is 5.91 Å². The molecule has 1 amide bonds. The fourth-order valence-electron chi connectivity index (χ4n) is 2.79. The Hall–Kier alpha value is -1.55. The molecule has 2 unspecified atom stereocenters. The second-order valence-corrected chi connectivity index (χ2v) is 5.78. The SMILES string of the molecule is CC1(C(=O)NC2COc3ccccc3C2)CCNC1. The van der Waals surface area contributed by atoms with E-state index in [0.717, 1.165) is 31.7 Å². The van der Waals surface area contributed by atoms with Crippen LogP contribution in [0.3, 0.4) is 0 Å². The van der Waals surface area contributed by atoms with Crippen molar-refractivity contribution in [1.82, 2.24) is 10.6 Å². The summed E-state index contributed by atoms with van der Waals surface area (Å²) < 4.78 is 5.70. The minimum Gasteiger partial charge on any atom is -0.491 e. The van der Waals surface area contributed by atoms with Crippen LogP contribution in [0.15, 0.2) is 24.3 Å². The molecule has 2 N–H and O–H groups in total. The molecule has 2 heterocycles. The number of hydrogen-bond donors (Lipinski definition) is 2. The van der Waals surface area contributed by atoms with Crippen LogP contribution in [0.2, 0.25) is 0 Å². The molecule has 0 saturated carbocycles. The van der Waals surface area contributed by atoms with Crippen LogP contribution in [-0.4, -0.2) is 31.6 Å². The molecule has 2 aliphatic heterocycles. The quantitative estimate of drug-likeness (QED) is 0.837. The summed E-state index contributed by atoms with van der Waals surface area (Å²) in [6, 6.07) is 8.11. The van der Waals surface area contributed by atoms with Gasteiger partial charge in [-0.2, -0.15) is 0 Å². The van der Waals surface area contributed by atoms with Gasteiger partial charge in [-0.3, -0.25) is 4.79 Å². The van der Waals surface area contributed by atoms with Crippen LogP contribution in [0.25, 0.3) is 0 Å². The zero-order valence-electron chi connectivity index (χ0n) is 11.2. The summed E-state index contributed by atoms with van der Waals surface area (Å²) in [7, 11) is 0. The molecule has 2 atom stereocenters. The zero-order chi connectivity index (χ0) is 13.3. The first-order valence-corrected chi connectivity index (χ1v) is 6.90. The minimum atomic E-state index is -0.267. The topological polar surface area (TPSA) is 50.4 Å². The van der Waals surface area contributed by atoms with Gasteiger partial charge in [0.05, 0.1) is 11.5 Å². The monoisotopic (exact) mass is 260 g/mol. The van der Waals surface area contributed by atoms with E-state index in [0.29, 0.717) is 6.61 Å². The number of carbonyl (C=O) groups excluding carboxylic acids is 1. The van der Waals surface area contributed by atoms with Crippen molar-refractivity contribution in [1.29, 1.82) is 0 Å². The van der Waals surface area contributed by atoms with Crippen LogP contribution in [0.5, 0.6) is 5.75 Å². The Morgan fingerprint density at radius 2 is 2.32 bits per heavy atom. The van der Waals surface area contributed by atoms with Crippen LogP contribution >= 0.6 is 0 Å². The van der Waals surface area contributed by atoms with Crippen LogP contribution in [0.4, 0.5) is 0 Å². The fraction of sp³-hybridized carbons (Fsp3) is 0.533. The van der Waals surface area contributed by atoms with Gasteiger partial charge < -0.3 is 15.4 Å². The standard InChI is InChI=1S/C15H20N2O2/c1-15(6-7-16-10-15)14(18)17-12-8-11-4-2-3-5-13(11)19-9-12/h2-5,12,16H,6-10H2,1H3,(H,17,18). The predicted molar refractivity (Wildman–Crippen MR) is 73.2 cm³/mol. The maximum atomic E-state index is 12.3. The van der Waals surface area contributed by atoms with Crippen molar-refractivity contribution in [2.45, 2.75) is 25.8 Å². The zero-order valence-corrected chi connectivity index (χ0v) is 11.2. The average molecular weight is 260 g/mol. The van der Waals surface area contributed by atoms with Gasteiger partial charge in [0.15, 0.2) is 0 Å². The molecule has 19 heavy (non-hydrogen) atoms. The summed E-state index contributed by atoms with van der Waals surface area (Å²) in [6.07, 6.45) is 1.76. The Morgan fingerprint density at radius 3 is 3.11 bits per heavy atom. The second-order valence-electron chi connectivity index (χ2n) is 5.78. The van der Waals surface area contributed by atoms with Gasteiger partial charge in [-0.15, -0.1) is 0 Å². The van der Waals surface area contributed by atoms with Gasteiger partial charge >= 0.3 is 0 Å². The molecule has 1 aromatic carbocycles. The molecule has 4 heteroatoms. The van der Waals surface area contributed by atoms with Crippen LogP contribution < -0.4 is 15.4 Å². The number of fused-ring (bicyclic) bond motifs is 1. The maximum Gasteiger partial charge on any atom is 0.227 e. The van der Waals surface area contributed by atoms with E-state index in [2.05, 4.69) is 16.7 Å². The summed E-state index contributed by atoms with van der Waals surface area (Å²) in [5.74, 6) is 1.09. The number of benzene rings is 1. The third-order valence-corrected chi connectivity index (χ3v) is 4.13. The maximum absolute atomic E-state index is 12.3. The van der Waals surface area contributed by atoms with Crippen molar-refractivity contribution in [3.8, 4) is 5.75 Å². The number of ether oxygens (including phenoxy) is 1. The van der Waals surface area contributed by atoms with E-state index in [1.165, 1.54) is 5.56 Å². The number of hydrogen-bond acceptors (Lipinski definition) is 3. The van der Waals surface area contributed by atoms with E-state index in [9.17, 15) is 4.79 Å². The molecule has 4 nitrogen and oxygen atoms in total. The van der Waals surface area contributed by atoms with Crippen molar-refractivity contribution in [3.63, 3.8) is 0 Å². The van der Waals surface area contributed by atoms with Crippen molar-refractivity contribution in [3.05, 3.63) is 29.8 Å². The lowest BCUT2D eigenvalue weighted by Gasteiger charge is -2.29. The van der Waals surface area contributed by atoms with Gasteiger partial charge in [0.25, 0.3) is 0 Å². The summed E-state index contributed by atoms with van der Waals surface area (Å²) in [5.41, 5.74) is 0.908. The van der Waals surface area contributed by atoms with Gasteiger partial charge in [0, 0.05) is 6.54 Å². The molecule has 102 valence electrons. The van der Waals surface area contributed by atoms with Gasteiger partial charge in [0.1, 0.15) is 12.4 Å². The molecule has 0 aliphatic carbocycles. The minimum absolute atomic E-state index is 0.0832. The first-order valence-electron chi connectivity index (χ1n) is 6.90. The van der Waals surface area contributed by atoms with Gasteiger partial charge in [0.2, 0.25) is 5.91 Å². The largest absolute Gasteiger partial charge is 0.491 e. The number of rotatable bonds is 2. The molecular weight excluding hydrogens is 240 g/mol. The molecule has 0 bridgehead atoms. The molecule has 3 rings (SSSR count). The second kappa shape index (κ2) is 4.85. The summed E-state index contributed by atoms with van der Waals surface area (Å²) in [4.78, 5) is 12.3. The normalized spacial score (nSPS) is 29.4. The molecule has 1 fully saturated rings. The van der Waals surface area contributed by atoms with Gasteiger partial charge in [-0.1, -0.05) is 18.2 Å². The van der Waals surface area contributed by atoms with Crippen LogP contribution in [-0.2, 0) is 11.2 Å². The van der Waals surface area contributed by atoms with E-state index in [-0.39, 0.29) is 17.4 Å². The fourth-order valence-corrected chi connectivity index (χ4v) is 2.79. The molecule has 1 aromatic rings.